The number of nitrogen functional groups attached to an aromatic ring is 1. The zero-order valence-electron chi connectivity index (χ0n) is 19.0. The summed E-state index contributed by atoms with van der Waals surface area (Å²) >= 11 is 0. The van der Waals surface area contributed by atoms with Crippen LogP contribution in [0.4, 0.5) is 11.8 Å². The number of anilines is 2. The molecule has 4 aromatic rings. The van der Waals surface area contributed by atoms with Crippen LogP contribution in [0.15, 0.2) is 30.7 Å². The van der Waals surface area contributed by atoms with Gasteiger partial charge in [-0.05, 0) is 32.0 Å². The highest BCUT2D eigenvalue weighted by Gasteiger charge is 2.16. The summed E-state index contributed by atoms with van der Waals surface area (Å²) in [5.41, 5.74) is 10.9. The molecule has 0 spiro atoms. The van der Waals surface area contributed by atoms with Crippen LogP contribution in [0, 0.1) is 25.7 Å². The summed E-state index contributed by atoms with van der Waals surface area (Å²) in [5.74, 6) is 9.10. The van der Waals surface area contributed by atoms with Gasteiger partial charge in [-0.25, -0.2) is 4.98 Å². The third-order valence-corrected chi connectivity index (χ3v) is 5.50. The number of ether oxygens (including phenoxy) is 3. The molecule has 10 nitrogen and oxygen atoms in total. The van der Waals surface area contributed by atoms with E-state index >= 15 is 0 Å². The van der Waals surface area contributed by atoms with Crippen LogP contribution < -0.4 is 25.3 Å². The molecule has 34 heavy (non-hydrogen) atoms. The van der Waals surface area contributed by atoms with Crippen molar-refractivity contribution in [1.29, 1.82) is 0 Å². The fraction of sp³-hybridized carbons (Fsp3) is 0.250. The third-order valence-electron chi connectivity index (χ3n) is 5.50. The van der Waals surface area contributed by atoms with Crippen molar-refractivity contribution in [1.82, 2.24) is 24.5 Å². The molecule has 3 N–H and O–H groups in total. The van der Waals surface area contributed by atoms with Gasteiger partial charge in [-0.15, -0.1) is 0 Å². The predicted molar refractivity (Wildman–Crippen MR) is 127 cm³/mol. The lowest BCUT2D eigenvalue weighted by Crippen LogP contribution is -2.08. The minimum Gasteiger partial charge on any atom is -0.496 e. The Morgan fingerprint density at radius 1 is 1.18 bits per heavy atom. The largest absolute Gasteiger partial charge is 0.496 e. The van der Waals surface area contributed by atoms with Gasteiger partial charge in [0.1, 0.15) is 5.75 Å². The van der Waals surface area contributed by atoms with Crippen molar-refractivity contribution in [3.05, 3.63) is 53.1 Å². The van der Waals surface area contributed by atoms with E-state index in [9.17, 15) is 0 Å². The van der Waals surface area contributed by atoms with Crippen LogP contribution in [-0.4, -0.2) is 45.0 Å². The molecule has 5 rings (SSSR count). The highest BCUT2D eigenvalue weighted by molar-refractivity contribution is 5.84. The smallest absolute Gasteiger partial charge is 0.231 e. The van der Waals surface area contributed by atoms with E-state index in [2.05, 4.69) is 37.1 Å². The molecule has 4 heterocycles. The number of pyridine rings is 1. The molecule has 0 fully saturated rings. The Hall–Kier alpha value is -4.52. The van der Waals surface area contributed by atoms with E-state index in [4.69, 9.17) is 19.9 Å². The normalized spacial score (nSPS) is 11.9. The van der Waals surface area contributed by atoms with Crippen LogP contribution in [0.2, 0.25) is 0 Å². The highest BCUT2D eigenvalue weighted by atomic mass is 16.7. The first-order valence-electron chi connectivity index (χ1n) is 10.6. The van der Waals surface area contributed by atoms with Gasteiger partial charge in [-0.2, -0.15) is 9.97 Å². The van der Waals surface area contributed by atoms with Crippen molar-refractivity contribution in [3.8, 4) is 29.1 Å². The number of nitrogens with one attached hydrogen (secondary N) is 1. The summed E-state index contributed by atoms with van der Waals surface area (Å²) in [6.45, 7) is 5.01. The summed E-state index contributed by atoms with van der Waals surface area (Å²) in [6, 6.07) is 5.59. The number of imidazole rings is 1. The summed E-state index contributed by atoms with van der Waals surface area (Å²) in [4.78, 5) is 17.8. The van der Waals surface area contributed by atoms with Gasteiger partial charge < -0.3 is 29.8 Å². The average molecular weight is 457 g/mol. The number of benzene rings is 1. The Morgan fingerprint density at radius 3 is 2.88 bits per heavy atom. The second-order valence-electron chi connectivity index (χ2n) is 7.74. The molecule has 0 bridgehead atoms. The number of aromatic nitrogens is 5. The van der Waals surface area contributed by atoms with E-state index in [-0.39, 0.29) is 12.7 Å². The molecule has 0 saturated carbocycles. The van der Waals surface area contributed by atoms with E-state index in [1.165, 1.54) is 0 Å². The van der Waals surface area contributed by atoms with E-state index in [0.717, 1.165) is 33.9 Å². The molecule has 0 aliphatic carbocycles. The van der Waals surface area contributed by atoms with Crippen LogP contribution in [0.5, 0.6) is 17.2 Å². The standard InChI is InChI=1S/C24H23N7O3/c1-14-10-27-17(15(2)21(14)32-3)11-31-12-28-20-22(29-24(25)30-23(20)31)26-8-4-5-16-6-7-18-19(9-16)34-13-33-18/h6-7,9-10,12H,8,11,13H2,1-3H3,(H3,25,26,29,30). The lowest BCUT2D eigenvalue weighted by atomic mass is 10.1. The van der Waals surface area contributed by atoms with Gasteiger partial charge in [0.05, 0.1) is 32.2 Å². The highest BCUT2D eigenvalue weighted by Crippen LogP contribution is 2.32. The molecule has 0 atom stereocenters. The molecule has 0 unspecified atom stereocenters. The van der Waals surface area contributed by atoms with Gasteiger partial charge in [0, 0.05) is 22.9 Å². The van der Waals surface area contributed by atoms with Crippen molar-refractivity contribution in [3.63, 3.8) is 0 Å². The third kappa shape index (κ3) is 3.99. The summed E-state index contributed by atoms with van der Waals surface area (Å²) in [6.07, 6.45) is 3.51. The molecule has 0 radical (unpaired) electrons. The van der Waals surface area contributed by atoms with Gasteiger partial charge in [0.15, 0.2) is 28.5 Å². The van der Waals surface area contributed by atoms with Gasteiger partial charge >= 0.3 is 0 Å². The molecule has 10 heteroatoms. The zero-order chi connectivity index (χ0) is 23.7. The summed E-state index contributed by atoms with van der Waals surface area (Å²) < 4.78 is 18.1. The minimum absolute atomic E-state index is 0.145. The molecule has 1 aromatic carbocycles. The number of fused-ring (bicyclic) bond motifs is 2. The van der Waals surface area contributed by atoms with Crippen LogP contribution in [0.3, 0.4) is 0 Å². The maximum atomic E-state index is 5.99. The number of hydrogen-bond acceptors (Lipinski definition) is 9. The molecule has 172 valence electrons. The van der Waals surface area contributed by atoms with Crippen molar-refractivity contribution in [2.24, 2.45) is 0 Å². The second-order valence-corrected chi connectivity index (χ2v) is 7.74. The quantitative estimate of drug-likeness (QED) is 0.436. The zero-order valence-corrected chi connectivity index (χ0v) is 19.0. The van der Waals surface area contributed by atoms with E-state index in [1.54, 1.807) is 19.6 Å². The van der Waals surface area contributed by atoms with E-state index in [0.29, 0.717) is 35.8 Å². The van der Waals surface area contributed by atoms with Gasteiger partial charge in [-0.1, -0.05) is 11.8 Å². The number of hydrogen-bond donors (Lipinski definition) is 2. The molecular formula is C24H23N7O3. The van der Waals surface area contributed by atoms with Gasteiger partial charge in [0.25, 0.3) is 0 Å². The van der Waals surface area contributed by atoms with Crippen molar-refractivity contribution in [2.75, 3.05) is 31.5 Å². The molecule has 0 saturated heterocycles. The van der Waals surface area contributed by atoms with Crippen LogP contribution >= 0.6 is 0 Å². The number of rotatable bonds is 5. The topological polar surface area (TPSA) is 122 Å². The summed E-state index contributed by atoms with van der Waals surface area (Å²) in [5, 5.41) is 3.19. The van der Waals surface area contributed by atoms with Crippen LogP contribution in [0.25, 0.3) is 11.2 Å². The monoisotopic (exact) mass is 457 g/mol. The molecule has 1 aliphatic heterocycles. The minimum atomic E-state index is 0.145. The van der Waals surface area contributed by atoms with Crippen molar-refractivity contribution < 1.29 is 14.2 Å². The number of nitrogens with two attached hydrogens (primary N) is 1. The Labute approximate surface area is 196 Å². The Bertz CT molecular complexity index is 1450. The van der Waals surface area contributed by atoms with E-state index in [1.807, 2.05) is 36.6 Å². The first kappa shape index (κ1) is 21.3. The van der Waals surface area contributed by atoms with Gasteiger partial charge in [-0.3, -0.25) is 4.98 Å². The van der Waals surface area contributed by atoms with Gasteiger partial charge in [0.2, 0.25) is 12.7 Å². The number of aryl methyl sites for hydroxylation is 1. The maximum absolute atomic E-state index is 5.99. The predicted octanol–water partition coefficient (Wildman–Crippen LogP) is 2.67. The molecule has 0 amide bonds. The maximum Gasteiger partial charge on any atom is 0.231 e. The molecular weight excluding hydrogens is 434 g/mol. The van der Waals surface area contributed by atoms with Crippen molar-refractivity contribution >= 4 is 22.9 Å². The lowest BCUT2D eigenvalue weighted by molar-refractivity contribution is 0.174. The number of methoxy groups -OCH3 is 1. The average Bonchev–Trinajstić information content (AvgIpc) is 3.45. The van der Waals surface area contributed by atoms with Crippen LogP contribution in [0.1, 0.15) is 22.4 Å². The fourth-order valence-electron chi connectivity index (χ4n) is 3.84. The lowest BCUT2D eigenvalue weighted by Gasteiger charge is -2.13. The first-order chi connectivity index (χ1) is 16.5. The Kier molecular flexibility index (Phi) is 5.51. The van der Waals surface area contributed by atoms with Crippen LogP contribution in [-0.2, 0) is 6.54 Å². The number of nitrogens with zero attached hydrogens (tertiary/aromatic N) is 5. The fourth-order valence-corrected chi connectivity index (χ4v) is 3.84. The van der Waals surface area contributed by atoms with E-state index < -0.39 is 0 Å². The molecule has 3 aromatic heterocycles. The molecule has 1 aliphatic rings. The Morgan fingerprint density at radius 2 is 2.03 bits per heavy atom. The summed E-state index contributed by atoms with van der Waals surface area (Å²) in [7, 11) is 1.66. The second kappa shape index (κ2) is 8.78. The Balaban J connectivity index is 1.36. The van der Waals surface area contributed by atoms with Crippen molar-refractivity contribution in [2.45, 2.75) is 20.4 Å². The first-order valence-corrected chi connectivity index (χ1v) is 10.6. The SMILES string of the molecule is COc1c(C)cnc(Cn2cnc3c(NCC#Cc4ccc5c(c4)OCO5)nc(N)nc32)c1C.